The second-order valence-corrected chi connectivity index (χ2v) is 7.82. The van der Waals surface area contributed by atoms with Gasteiger partial charge >= 0.3 is 0 Å². The minimum absolute atomic E-state index is 0.0492. The van der Waals surface area contributed by atoms with E-state index in [1.165, 1.54) is 0 Å². The number of nitrogens with one attached hydrogen (secondary N) is 1. The second-order valence-electron chi connectivity index (χ2n) is 6.71. The van der Waals surface area contributed by atoms with E-state index in [2.05, 4.69) is 5.32 Å². The first-order chi connectivity index (χ1) is 11.7. The summed E-state index contributed by atoms with van der Waals surface area (Å²) in [5, 5.41) is 14.9. The van der Waals surface area contributed by atoms with Crippen LogP contribution in [0.1, 0.15) is 29.6 Å². The minimum atomic E-state index is -0.122. The highest BCUT2D eigenvalue weighted by Crippen LogP contribution is 2.38. The van der Waals surface area contributed by atoms with Crippen LogP contribution >= 0.6 is 11.8 Å². The standard InChI is InChI=1S/C19H21NO3S/c21-17-10-14(9-13-3-1-2-4-16(13)17)18(22)20-15-5-7-23-19(11-15)6-8-24-12-19/h1-4,9-10,15,21H,5-8,11-12H2,(H,20,22)/t15-,19+/m1/s1. The van der Waals surface area contributed by atoms with Gasteiger partial charge in [-0.3, -0.25) is 4.79 Å². The molecule has 0 aliphatic carbocycles. The fourth-order valence-electron chi connectivity index (χ4n) is 3.70. The zero-order chi connectivity index (χ0) is 16.6. The minimum Gasteiger partial charge on any atom is -0.507 e. The van der Waals surface area contributed by atoms with Gasteiger partial charge < -0.3 is 15.2 Å². The fourth-order valence-corrected chi connectivity index (χ4v) is 5.08. The van der Waals surface area contributed by atoms with Gasteiger partial charge in [-0.25, -0.2) is 0 Å². The van der Waals surface area contributed by atoms with Gasteiger partial charge in [0, 0.05) is 29.4 Å². The zero-order valence-electron chi connectivity index (χ0n) is 13.5. The lowest BCUT2D eigenvalue weighted by atomic mass is 9.89. The summed E-state index contributed by atoms with van der Waals surface area (Å²) in [5.41, 5.74) is 0.458. The molecule has 2 aromatic carbocycles. The number of phenolic OH excluding ortho intramolecular Hbond substituents is 1. The Morgan fingerprint density at radius 3 is 3.04 bits per heavy atom. The van der Waals surface area contributed by atoms with E-state index in [0.29, 0.717) is 12.2 Å². The van der Waals surface area contributed by atoms with Crippen molar-refractivity contribution in [2.75, 3.05) is 18.1 Å². The first-order valence-electron chi connectivity index (χ1n) is 8.40. The predicted molar refractivity (Wildman–Crippen MR) is 96.7 cm³/mol. The van der Waals surface area contributed by atoms with E-state index < -0.39 is 0 Å². The highest BCUT2D eigenvalue weighted by atomic mass is 32.2. The van der Waals surface area contributed by atoms with Crippen molar-refractivity contribution in [3.05, 3.63) is 42.0 Å². The van der Waals surface area contributed by atoms with E-state index in [9.17, 15) is 9.90 Å². The molecule has 2 aliphatic rings. The van der Waals surface area contributed by atoms with Crippen LogP contribution in [0.3, 0.4) is 0 Å². The van der Waals surface area contributed by atoms with E-state index in [-0.39, 0.29) is 23.3 Å². The fraction of sp³-hybridized carbons (Fsp3) is 0.421. The molecule has 0 bridgehead atoms. The molecule has 0 unspecified atom stereocenters. The van der Waals surface area contributed by atoms with Gasteiger partial charge in [0.1, 0.15) is 5.75 Å². The number of amides is 1. The lowest BCUT2D eigenvalue weighted by Crippen LogP contribution is -2.48. The van der Waals surface area contributed by atoms with Gasteiger partial charge in [0.15, 0.2) is 0 Å². The molecule has 1 amide bonds. The first-order valence-corrected chi connectivity index (χ1v) is 9.55. The maximum Gasteiger partial charge on any atom is 0.251 e. The summed E-state index contributed by atoms with van der Waals surface area (Å²) in [7, 11) is 0. The first kappa shape index (κ1) is 15.8. The van der Waals surface area contributed by atoms with Crippen molar-refractivity contribution in [1.29, 1.82) is 0 Å². The normalized spacial score (nSPS) is 26.8. The summed E-state index contributed by atoms with van der Waals surface area (Å²) >= 11 is 1.93. The molecule has 0 aromatic heterocycles. The SMILES string of the molecule is O=C(N[C@@H]1CCO[C@@]2(CCSC2)C1)c1cc(O)c2ccccc2c1. The van der Waals surface area contributed by atoms with E-state index in [0.717, 1.165) is 41.5 Å². The molecule has 2 heterocycles. The molecule has 0 radical (unpaired) electrons. The summed E-state index contributed by atoms with van der Waals surface area (Å²) in [6.45, 7) is 0.703. The van der Waals surface area contributed by atoms with Crippen molar-refractivity contribution in [2.45, 2.75) is 30.9 Å². The third-order valence-electron chi connectivity index (χ3n) is 5.00. The molecule has 4 nitrogen and oxygen atoms in total. The highest BCUT2D eigenvalue weighted by molar-refractivity contribution is 7.99. The van der Waals surface area contributed by atoms with Crippen LogP contribution in [-0.4, -0.2) is 40.8 Å². The van der Waals surface area contributed by atoms with Crippen LogP contribution in [0.25, 0.3) is 10.8 Å². The van der Waals surface area contributed by atoms with Gasteiger partial charge in [-0.1, -0.05) is 24.3 Å². The molecular formula is C19H21NO3S. The number of phenols is 1. The molecular weight excluding hydrogens is 322 g/mol. The average Bonchev–Trinajstić information content (AvgIpc) is 3.02. The van der Waals surface area contributed by atoms with E-state index in [4.69, 9.17) is 4.74 Å². The monoisotopic (exact) mass is 343 g/mol. The Kier molecular flexibility index (Phi) is 4.14. The molecule has 4 rings (SSSR count). The summed E-state index contributed by atoms with van der Waals surface area (Å²) < 4.78 is 6.01. The maximum absolute atomic E-state index is 12.6. The summed E-state index contributed by atoms with van der Waals surface area (Å²) in [6, 6.07) is 11.1. The average molecular weight is 343 g/mol. The van der Waals surface area contributed by atoms with Crippen molar-refractivity contribution in [3.63, 3.8) is 0 Å². The van der Waals surface area contributed by atoms with E-state index in [1.54, 1.807) is 6.07 Å². The maximum atomic E-state index is 12.6. The Balaban J connectivity index is 1.52. The van der Waals surface area contributed by atoms with E-state index in [1.807, 2.05) is 42.1 Å². The van der Waals surface area contributed by atoms with Gasteiger partial charge in [0.25, 0.3) is 5.91 Å². The quantitative estimate of drug-likeness (QED) is 0.878. The number of fused-ring (bicyclic) bond motifs is 1. The lowest BCUT2D eigenvalue weighted by molar-refractivity contribution is -0.0688. The molecule has 2 aliphatic heterocycles. The zero-order valence-corrected chi connectivity index (χ0v) is 14.3. The lowest BCUT2D eigenvalue weighted by Gasteiger charge is -2.38. The van der Waals surface area contributed by atoms with Crippen molar-refractivity contribution in [3.8, 4) is 5.75 Å². The Bertz CT molecular complexity index is 770. The second kappa shape index (κ2) is 6.30. The van der Waals surface area contributed by atoms with Crippen LogP contribution in [0.2, 0.25) is 0 Å². The number of aromatic hydroxyl groups is 1. The van der Waals surface area contributed by atoms with E-state index >= 15 is 0 Å². The molecule has 1 spiro atoms. The van der Waals surface area contributed by atoms with Gasteiger partial charge in [-0.15, -0.1) is 0 Å². The van der Waals surface area contributed by atoms with Crippen LogP contribution in [0.5, 0.6) is 5.75 Å². The van der Waals surface area contributed by atoms with Gasteiger partial charge in [-0.2, -0.15) is 11.8 Å². The Morgan fingerprint density at radius 2 is 2.21 bits per heavy atom. The third kappa shape index (κ3) is 2.98. The number of hydrogen-bond acceptors (Lipinski definition) is 4. The molecule has 2 saturated heterocycles. The van der Waals surface area contributed by atoms with Crippen LogP contribution in [0, 0.1) is 0 Å². The number of benzene rings is 2. The van der Waals surface area contributed by atoms with Crippen LogP contribution in [0.15, 0.2) is 36.4 Å². The summed E-state index contributed by atoms with van der Waals surface area (Å²) in [5.74, 6) is 2.19. The number of carbonyl (C=O) groups is 1. The molecule has 5 heteroatoms. The summed E-state index contributed by atoms with van der Waals surface area (Å²) in [6.07, 6.45) is 2.80. The highest BCUT2D eigenvalue weighted by Gasteiger charge is 2.40. The van der Waals surface area contributed by atoms with Crippen LogP contribution in [-0.2, 0) is 4.74 Å². The Hall–Kier alpha value is -1.72. The number of hydrogen-bond donors (Lipinski definition) is 2. The number of thioether (sulfide) groups is 1. The Morgan fingerprint density at radius 1 is 1.33 bits per heavy atom. The third-order valence-corrected chi connectivity index (χ3v) is 6.22. The molecule has 24 heavy (non-hydrogen) atoms. The van der Waals surface area contributed by atoms with Gasteiger partial charge in [0.05, 0.1) is 5.60 Å². The van der Waals surface area contributed by atoms with Crippen LogP contribution < -0.4 is 5.32 Å². The number of carbonyl (C=O) groups excluding carboxylic acids is 1. The molecule has 126 valence electrons. The number of rotatable bonds is 2. The molecule has 2 N–H and O–H groups in total. The van der Waals surface area contributed by atoms with Crippen molar-refractivity contribution >= 4 is 28.4 Å². The molecule has 0 saturated carbocycles. The summed E-state index contributed by atoms with van der Waals surface area (Å²) in [4.78, 5) is 12.6. The topological polar surface area (TPSA) is 58.6 Å². The van der Waals surface area contributed by atoms with Crippen molar-refractivity contribution < 1.29 is 14.6 Å². The Labute approximate surface area is 145 Å². The molecule has 2 aromatic rings. The molecule has 2 atom stereocenters. The van der Waals surface area contributed by atoms with Crippen molar-refractivity contribution in [1.82, 2.24) is 5.32 Å². The molecule has 2 fully saturated rings. The largest absolute Gasteiger partial charge is 0.507 e. The van der Waals surface area contributed by atoms with Crippen LogP contribution in [0.4, 0.5) is 0 Å². The van der Waals surface area contributed by atoms with Gasteiger partial charge in [-0.05, 0) is 42.5 Å². The van der Waals surface area contributed by atoms with Gasteiger partial charge in [0.2, 0.25) is 0 Å². The smallest absolute Gasteiger partial charge is 0.251 e. The predicted octanol–water partition coefficient (Wildman–Crippen LogP) is 3.33. The number of ether oxygens (including phenoxy) is 1. The van der Waals surface area contributed by atoms with Crippen molar-refractivity contribution in [2.24, 2.45) is 0 Å².